The number of aliphatic hydroxyl groups excluding tert-OH is 1. The zero-order valence-corrected chi connectivity index (χ0v) is 19.0. The number of methoxy groups -OCH3 is 1. The summed E-state index contributed by atoms with van der Waals surface area (Å²) in [4.78, 5) is 27.2. The number of aliphatic hydroxyl groups is 1. The highest BCUT2D eigenvalue weighted by atomic mass is 16.5. The average Bonchev–Trinajstić information content (AvgIpc) is 3.07. The molecule has 6 nitrogen and oxygen atoms in total. The van der Waals surface area contributed by atoms with E-state index < -0.39 is 17.7 Å². The number of carbonyl (C=O) groups is 2. The van der Waals surface area contributed by atoms with E-state index in [0.29, 0.717) is 30.9 Å². The molecule has 0 aliphatic carbocycles. The molecule has 1 N–H and O–H groups in total. The van der Waals surface area contributed by atoms with Crippen molar-refractivity contribution in [3.63, 3.8) is 0 Å². The number of hydrogen-bond acceptors (Lipinski definition) is 5. The van der Waals surface area contributed by atoms with Crippen LogP contribution in [0, 0.1) is 0 Å². The minimum atomic E-state index is -0.670. The minimum absolute atomic E-state index is 0.102. The van der Waals surface area contributed by atoms with Gasteiger partial charge in [0.05, 0.1) is 25.3 Å². The number of ether oxygens (including phenoxy) is 2. The van der Waals surface area contributed by atoms with Crippen LogP contribution in [0.15, 0.2) is 54.1 Å². The Bertz CT molecular complexity index is 963. The molecule has 0 spiro atoms. The Kier molecular flexibility index (Phi) is 7.92. The van der Waals surface area contributed by atoms with Crippen LogP contribution >= 0.6 is 0 Å². The SMILES string of the molecule is CCCCCOc1ccc(C2/C(=C(/O)c3ccc(OC)cc3)C(=O)C(=O)N2CCC)cc1. The first-order valence-corrected chi connectivity index (χ1v) is 11.2. The summed E-state index contributed by atoms with van der Waals surface area (Å²) in [6, 6.07) is 13.5. The van der Waals surface area contributed by atoms with Crippen LogP contribution < -0.4 is 9.47 Å². The van der Waals surface area contributed by atoms with Crippen molar-refractivity contribution in [2.24, 2.45) is 0 Å². The van der Waals surface area contributed by atoms with Crippen LogP contribution in [0.3, 0.4) is 0 Å². The van der Waals surface area contributed by atoms with Crippen LogP contribution in [-0.2, 0) is 9.59 Å². The molecule has 1 atom stereocenters. The number of nitrogens with zero attached hydrogens (tertiary/aromatic N) is 1. The molecule has 2 aromatic carbocycles. The maximum Gasteiger partial charge on any atom is 0.295 e. The largest absolute Gasteiger partial charge is 0.507 e. The maximum atomic E-state index is 12.9. The molecule has 32 heavy (non-hydrogen) atoms. The first-order chi connectivity index (χ1) is 15.5. The predicted molar refractivity (Wildman–Crippen MR) is 124 cm³/mol. The van der Waals surface area contributed by atoms with Gasteiger partial charge in [-0.05, 0) is 54.8 Å². The van der Waals surface area contributed by atoms with Crippen LogP contribution in [0.4, 0.5) is 0 Å². The highest BCUT2D eigenvalue weighted by Gasteiger charge is 2.45. The lowest BCUT2D eigenvalue weighted by Crippen LogP contribution is -2.30. The van der Waals surface area contributed by atoms with Crippen molar-refractivity contribution in [1.29, 1.82) is 0 Å². The van der Waals surface area contributed by atoms with E-state index in [1.54, 1.807) is 31.4 Å². The number of hydrogen-bond donors (Lipinski definition) is 1. The lowest BCUT2D eigenvalue weighted by Gasteiger charge is -2.25. The first-order valence-electron chi connectivity index (χ1n) is 11.2. The zero-order chi connectivity index (χ0) is 23.1. The summed E-state index contributed by atoms with van der Waals surface area (Å²) in [6.45, 7) is 5.17. The summed E-state index contributed by atoms with van der Waals surface area (Å²) in [5.74, 6) is -0.0653. The van der Waals surface area contributed by atoms with E-state index in [4.69, 9.17) is 9.47 Å². The number of unbranched alkanes of at least 4 members (excludes halogenated alkanes) is 2. The molecule has 0 aromatic heterocycles. The first kappa shape index (κ1) is 23.4. The average molecular weight is 438 g/mol. The third-order valence-corrected chi connectivity index (χ3v) is 5.58. The van der Waals surface area contributed by atoms with Gasteiger partial charge in [0.15, 0.2) is 0 Å². The summed E-state index contributed by atoms with van der Waals surface area (Å²) in [7, 11) is 1.56. The third-order valence-electron chi connectivity index (χ3n) is 5.58. The Hall–Kier alpha value is -3.28. The van der Waals surface area contributed by atoms with E-state index >= 15 is 0 Å². The number of benzene rings is 2. The van der Waals surface area contributed by atoms with E-state index in [9.17, 15) is 14.7 Å². The molecule has 1 fully saturated rings. The molecular weight excluding hydrogens is 406 g/mol. The lowest BCUT2D eigenvalue weighted by atomic mass is 9.95. The third kappa shape index (κ3) is 4.96. The molecule has 170 valence electrons. The summed E-state index contributed by atoms with van der Waals surface area (Å²) < 4.78 is 11.0. The molecule has 1 heterocycles. The van der Waals surface area contributed by atoms with E-state index in [0.717, 1.165) is 30.6 Å². The lowest BCUT2D eigenvalue weighted by molar-refractivity contribution is -0.139. The van der Waals surface area contributed by atoms with E-state index in [-0.39, 0.29) is 11.3 Å². The fourth-order valence-corrected chi connectivity index (χ4v) is 3.89. The molecule has 1 unspecified atom stereocenters. The van der Waals surface area contributed by atoms with Crippen molar-refractivity contribution in [2.75, 3.05) is 20.3 Å². The van der Waals surface area contributed by atoms with Gasteiger partial charge < -0.3 is 19.5 Å². The molecule has 1 amide bonds. The number of carbonyl (C=O) groups excluding carboxylic acids is 2. The van der Waals surface area contributed by atoms with Crippen LogP contribution in [-0.4, -0.2) is 42.0 Å². The van der Waals surface area contributed by atoms with Gasteiger partial charge in [-0.15, -0.1) is 0 Å². The number of likely N-dealkylation sites (tertiary alicyclic amines) is 1. The summed E-state index contributed by atoms with van der Waals surface area (Å²) in [5.41, 5.74) is 1.32. The van der Waals surface area contributed by atoms with Crippen LogP contribution in [0.2, 0.25) is 0 Å². The smallest absolute Gasteiger partial charge is 0.295 e. The quantitative estimate of drug-likeness (QED) is 0.242. The molecule has 1 aliphatic heterocycles. The normalized spacial score (nSPS) is 17.6. The van der Waals surface area contributed by atoms with Gasteiger partial charge in [-0.25, -0.2) is 0 Å². The molecule has 0 bridgehead atoms. The van der Waals surface area contributed by atoms with Gasteiger partial charge in [-0.1, -0.05) is 38.8 Å². The van der Waals surface area contributed by atoms with Crippen molar-refractivity contribution >= 4 is 17.4 Å². The fourth-order valence-electron chi connectivity index (χ4n) is 3.89. The Labute approximate surface area is 189 Å². The Morgan fingerprint density at radius 2 is 1.59 bits per heavy atom. The van der Waals surface area contributed by atoms with Crippen LogP contribution in [0.1, 0.15) is 56.7 Å². The summed E-state index contributed by atoms with van der Waals surface area (Å²) in [5, 5.41) is 11.0. The second-order valence-corrected chi connectivity index (χ2v) is 7.85. The van der Waals surface area contributed by atoms with Gasteiger partial charge >= 0.3 is 0 Å². The van der Waals surface area contributed by atoms with Crippen molar-refractivity contribution in [3.05, 3.63) is 65.2 Å². The maximum absolute atomic E-state index is 12.9. The molecule has 1 saturated heterocycles. The van der Waals surface area contributed by atoms with Crippen LogP contribution in [0.25, 0.3) is 5.76 Å². The topological polar surface area (TPSA) is 76.1 Å². The van der Waals surface area contributed by atoms with Gasteiger partial charge in [-0.3, -0.25) is 9.59 Å². The van der Waals surface area contributed by atoms with Gasteiger partial charge in [0.1, 0.15) is 17.3 Å². The highest BCUT2D eigenvalue weighted by molar-refractivity contribution is 6.46. The number of amides is 1. The molecular formula is C26H31NO5. The van der Waals surface area contributed by atoms with Crippen molar-refractivity contribution in [2.45, 2.75) is 45.6 Å². The molecule has 3 rings (SSSR count). The Morgan fingerprint density at radius 1 is 0.938 bits per heavy atom. The van der Waals surface area contributed by atoms with E-state index in [1.807, 2.05) is 31.2 Å². The van der Waals surface area contributed by atoms with Gasteiger partial charge in [0.25, 0.3) is 11.7 Å². The van der Waals surface area contributed by atoms with Gasteiger partial charge in [0.2, 0.25) is 0 Å². The van der Waals surface area contributed by atoms with Crippen molar-refractivity contribution < 1.29 is 24.2 Å². The second kappa shape index (κ2) is 10.8. The van der Waals surface area contributed by atoms with Gasteiger partial charge in [0, 0.05) is 12.1 Å². The van der Waals surface area contributed by atoms with Crippen LogP contribution in [0.5, 0.6) is 11.5 Å². The van der Waals surface area contributed by atoms with E-state index in [1.165, 1.54) is 4.90 Å². The molecule has 1 aliphatic rings. The standard InChI is InChI=1S/C26H31NO5/c1-4-6-7-17-32-21-14-8-18(9-15-21)23-22(25(29)26(30)27(23)16-5-2)24(28)19-10-12-20(31-3)13-11-19/h8-15,23,28H,4-7,16-17H2,1-3H3/b24-22-. The number of Topliss-reactive ketones (excluding diaryl/α,β-unsaturated/α-hetero) is 1. The van der Waals surface area contributed by atoms with Gasteiger partial charge in [-0.2, -0.15) is 0 Å². The summed E-state index contributed by atoms with van der Waals surface area (Å²) >= 11 is 0. The molecule has 0 saturated carbocycles. The molecule has 0 radical (unpaired) electrons. The zero-order valence-electron chi connectivity index (χ0n) is 19.0. The molecule has 6 heteroatoms. The number of ketones is 1. The minimum Gasteiger partial charge on any atom is -0.507 e. The van der Waals surface area contributed by atoms with E-state index in [2.05, 4.69) is 6.92 Å². The van der Waals surface area contributed by atoms with Crippen molar-refractivity contribution in [1.82, 2.24) is 4.90 Å². The number of rotatable bonds is 10. The fraction of sp³-hybridized carbons (Fsp3) is 0.385. The Balaban J connectivity index is 1.96. The monoisotopic (exact) mass is 437 g/mol. The second-order valence-electron chi connectivity index (χ2n) is 7.85. The predicted octanol–water partition coefficient (Wildman–Crippen LogP) is 5.10. The highest BCUT2D eigenvalue weighted by Crippen LogP contribution is 2.40. The summed E-state index contributed by atoms with van der Waals surface area (Å²) in [6.07, 6.45) is 3.95. The van der Waals surface area contributed by atoms with Crippen molar-refractivity contribution in [3.8, 4) is 11.5 Å². The Morgan fingerprint density at radius 3 is 2.19 bits per heavy atom. The molecule has 2 aromatic rings.